The molecule has 1 amide bonds. The van der Waals surface area contributed by atoms with Crippen molar-refractivity contribution < 1.29 is 18.7 Å². The van der Waals surface area contributed by atoms with Crippen molar-refractivity contribution in [2.45, 2.75) is 40.3 Å². The first-order valence-corrected chi connectivity index (χ1v) is 8.61. The molecule has 142 valence electrons. The fourth-order valence-corrected chi connectivity index (χ4v) is 2.82. The minimum atomic E-state index is -0.475. The highest BCUT2D eigenvalue weighted by Gasteiger charge is 2.26. The Morgan fingerprint density at radius 2 is 1.89 bits per heavy atom. The Hall–Kier alpha value is -3.07. The van der Waals surface area contributed by atoms with Gasteiger partial charge in [-0.3, -0.25) is 4.79 Å². The Labute approximate surface area is 158 Å². The van der Waals surface area contributed by atoms with Crippen molar-refractivity contribution >= 4 is 11.9 Å². The van der Waals surface area contributed by atoms with Gasteiger partial charge in [-0.05, 0) is 51.0 Å². The number of aromatic nitrogens is 1. The van der Waals surface area contributed by atoms with Crippen molar-refractivity contribution in [1.29, 1.82) is 0 Å². The van der Waals surface area contributed by atoms with Gasteiger partial charge >= 0.3 is 5.97 Å². The molecule has 1 heterocycles. The monoisotopic (exact) mass is 370 g/mol. The summed E-state index contributed by atoms with van der Waals surface area (Å²) in [4.78, 5) is 29.8. The molecule has 5 nitrogen and oxygen atoms in total. The van der Waals surface area contributed by atoms with Crippen LogP contribution >= 0.6 is 0 Å². The first-order chi connectivity index (χ1) is 12.7. The molecule has 6 heteroatoms. The number of nitrogens with one attached hydrogen (secondary N) is 1. The predicted octanol–water partition coefficient (Wildman–Crippen LogP) is 3.61. The lowest BCUT2D eigenvalue weighted by Crippen LogP contribution is -2.31. The van der Waals surface area contributed by atoms with Crippen LogP contribution in [0.4, 0.5) is 4.39 Å². The third-order valence-electron chi connectivity index (χ3n) is 4.05. The van der Waals surface area contributed by atoms with Crippen molar-refractivity contribution in [2.75, 3.05) is 6.54 Å². The molecular formula is C21H23FN2O3. The minimum Gasteiger partial charge on any atom is -0.459 e. The molecule has 0 saturated heterocycles. The van der Waals surface area contributed by atoms with Crippen LogP contribution in [0.15, 0.2) is 24.3 Å². The first kappa shape index (κ1) is 20.2. The number of halogens is 1. The van der Waals surface area contributed by atoms with E-state index in [-0.39, 0.29) is 30.9 Å². The van der Waals surface area contributed by atoms with Crippen molar-refractivity contribution in [3.63, 3.8) is 0 Å². The molecular weight excluding hydrogens is 347 g/mol. The number of nitrogens with zero attached hydrogens (tertiary/aromatic N) is 1. The van der Waals surface area contributed by atoms with Gasteiger partial charge in [-0.15, -0.1) is 6.42 Å². The molecule has 0 aliphatic rings. The smallest absolute Gasteiger partial charge is 0.340 e. The van der Waals surface area contributed by atoms with Gasteiger partial charge in [-0.1, -0.05) is 18.1 Å². The molecule has 0 atom stereocenters. The molecule has 0 aliphatic carbocycles. The van der Waals surface area contributed by atoms with Gasteiger partial charge in [0.05, 0.1) is 18.2 Å². The maximum Gasteiger partial charge on any atom is 0.340 e. The average Bonchev–Trinajstić information content (AvgIpc) is 2.89. The summed E-state index contributed by atoms with van der Waals surface area (Å²) >= 11 is 0. The van der Waals surface area contributed by atoms with Crippen molar-refractivity contribution in [2.24, 2.45) is 0 Å². The summed E-state index contributed by atoms with van der Waals surface area (Å²) in [6, 6.07) is 5.87. The van der Waals surface area contributed by atoms with E-state index >= 15 is 0 Å². The number of hydrogen-bond donors (Lipinski definition) is 1. The van der Waals surface area contributed by atoms with E-state index in [0.29, 0.717) is 22.5 Å². The summed E-state index contributed by atoms with van der Waals surface area (Å²) in [5, 5.41) is 0. The molecule has 0 saturated carbocycles. The van der Waals surface area contributed by atoms with E-state index in [9.17, 15) is 14.0 Å². The van der Waals surface area contributed by atoms with E-state index in [4.69, 9.17) is 11.2 Å². The van der Waals surface area contributed by atoms with E-state index in [1.165, 1.54) is 17.0 Å². The molecule has 0 spiro atoms. The zero-order valence-corrected chi connectivity index (χ0v) is 15.9. The second-order valence-electron chi connectivity index (χ2n) is 6.57. The highest BCUT2D eigenvalue weighted by atomic mass is 19.1. The molecule has 1 N–H and O–H groups in total. The lowest BCUT2D eigenvalue weighted by atomic mass is 10.1. The molecule has 0 radical (unpaired) electrons. The summed E-state index contributed by atoms with van der Waals surface area (Å²) in [5.41, 5.74) is 2.48. The molecule has 2 aromatic rings. The van der Waals surface area contributed by atoms with Gasteiger partial charge < -0.3 is 14.6 Å². The number of aromatic amines is 1. The molecule has 0 fully saturated rings. The van der Waals surface area contributed by atoms with E-state index in [1.807, 2.05) is 0 Å². The van der Waals surface area contributed by atoms with Gasteiger partial charge in [0.1, 0.15) is 11.5 Å². The zero-order chi connectivity index (χ0) is 20.1. The Morgan fingerprint density at radius 3 is 2.44 bits per heavy atom. The predicted molar refractivity (Wildman–Crippen MR) is 101 cm³/mol. The number of terminal acetylenes is 1. The Bertz CT molecular complexity index is 876. The number of carbonyl (C=O) groups excluding carboxylic acids is 2. The maximum atomic E-state index is 13.1. The van der Waals surface area contributed by atoms with Gasteiger partial charge in [-0.2, -0.15) is 0 Å². The van der Waals surface area contributed by atoms with Gasteiger partial charge in [-0.25, -0.2) is 9.18 Å². The average molecular weight is 370 g/mol. The number of amides is 1. The molecule has 1 aromatic heterocycles. The fourth-order valence-electron chi connectivity index (χ4n) is 2.82. The van der Waals surface area contributed by atoms with Crippen LogP contribution < -0.4 is 0 Å². The van der Waals surface area contributed by atoms with Crippen LogP contribution in [0.2, 0.25) is 0 Å². The number of H-pyrrole nitrogens is 1. The third-order valence-corrected chi connectivity index (χ3v) is 4.05. The van der Waals surface area contributed by atoms with Crippen LogP contribution in [-0.2, 0) is 11.3 Å². The highest BCUT2D eigenvalue weighted by Crippen LogP contribution is 2.22. The maximum absolute atomic E-state index is 13.1. The van der Waals surface area contributed by atoms with Crippen LogP contribution in [0, 0.1) is 32.0 Å². The normalized spacial score (nSPS) is 10.6. The van der Waals surface area contributed by atoms with Gasteiger partial charge in [0.2, 0.25) is 0 Å². The van der Waals surface area contributed by atoms with Crippen molar-refractivity contribution in [1.82, 2.24) is 9.88 Å². The standard InChI is InChI=1S/C21H23FN2O3/c1-6-11-24(12-16-7-9-17(22)10-8-16)20(25)19-14(4)18(15(5)23-19)21(26)27-13(2)3/h1,7-10,13,23H,11-12H2,2-5H3. The van der Waals surface area contributed by atoms with E-state index < -0.39 is 5.97 Å². The summed E-state index contributed by atoms with van der Waals surface area (Å²) in [5.74, 6) is 1.31. The van der Waals surface area contributed by atoms with Crippen LogP contribution in [0.1, 0.15) is 51.5 Å². The second-order valence-corrected chi connectivity index (χ2v) is 6.57. The van der Waals surface area contributed by atoms with E-state index in [0.717, 1.165) is 5.56 Å². The summed E-state index contributed by atoms with van der Waals surface area (Å²) in [6.07, 6.45) is 5.15. The SMILES string of the molecule is C#CCN(Cc1ccc(F)cc1)C(=O)c1[nH]c(C)c(C(=O)OC(C)C)c1C. The molecule has 0 unspecified atom stereocenters. The summed E-state index contributed by atoms with van der Waals surface area (Å²) in [7, 11) is 0. The first-order valence-electron chi connectivity index (χ1n) is 8.61. The fraction of sp³-hybridized carbons (Fsp3) is 0.333. The molecule has 0 bridgehead atoms. The Balaban J connectivity index is 2.31. The number of carbonyl (C=O) groups is 2. The van der Waals surface area contributed by atoms with Gasteiger partial charge in [0, 0.05) is 12.2 Å². The number of benzene rings is 1. The zero-order valence-electron chi connectivity index (χ0n) is 15.9. The third kappa shape index (κ3) is 4.76. The Kier molecular flexibility index (Phi) is 6.40. The molecule has 2 rings (SSSR count). The molecule has 27 heavy (non-hydrogen) atoms. The van der Waals surface area contributed by atoms with Crippen LogP contribution in [0.3, 0.4) is 0 Å². The van der Waals surface area contributed by atoms with Gasteiger partial charge in [0.25, 0.3) is 5.91 Å². The topological polar surface area (TPSA) is 62.4 Å². The lowest BCUT2D eigenvalue weighted by Gasteiger charge is -2.20. The Morgan fingerprint density at radius 1 is 1.26 bits per heavy atom. The number of hydrogen-bond acceptors (Lipinski definition) is 3. The quantitative estimate of drug-likeness (QED) is 0.624. The van der Waals surface area contributed by atoms with Crippen LogP contribution in [0.25, 0.3) is 0 Å². The molecule has 1 aromatic carbocycles. The summed E-state index contributed by atoms with van der Waals surface area (Å²) in [6.45, 7) is 7.25. The highest BCUT2D eigenvalue weighted by molar-refractivity contribution is 6.00. The number of esters is 1. The largest absolute Gasteiger partial charge is 0.459 e. The number of aryl methyl sites for hydroxylation is 1. The van der Waals surface area contributed by atoms with Crippen molar-refractivity contribution in [3.05, 3.63) is 58.2 Å². The molecule has 0 aliphatic heterocycles. The number of ether oxygens (including phenoxy) is 1. The van der Waals surface area contributed by atoms with Crippen molar-refractivity contribution in [3.8, 4) is 12.3 Å². The van der Waals surface area contributed by atoms with Crippen LogP contribution in [-0.4, -0.2) is 34.4 Å². The minimum absolute atomic E-state index is 0.0828. The van der Waals surface area contributed by atoms with E-state index in [1.54, 1.807) is 39.8 Å². The lowest BCUT2D eigenvalue weighted by molar-refractivity contribution is 0.0376. The second kappa shape index (κ2) is 8.54. The van der Waals surface area contributed by atoms with Crippen LogP contribution in [0.5, 0.6) is 0 Å². The number of rotatable bonds is 6. The van der Waals surface area contributed by atoms with Gasteiger partial charge in [0.15, 0.2) is 0 Å². The summed E-state index contributed by atoms with van der Waals surface area (Å²) < 4.78 is 18.4. The van der Waals surface area contributed by atoms with E-state index in [2.05, 4.69) is 10.9 Å².